The molecule has 0 unspecified atom stereocenters. The fourth-order valence-electron chi connectivity index (χ4n) is 7.39. The molecule has 0 bridgehead atoms. The molecule has 1 N–H and O–H groups in total. The minimum absolute atomic E-state index is 0.0170. The Hall–Kier alpha value is -6.26. The van der Waals surface area contributed by atoms with Crippen molar-refractivity contribution in [2.24, 2.45) is 0 Å². The van der Waals surface area contributed by atoms with E-state index in [0.29, 0.717) is 17.1 Å². The van der Waals surface area contributed by atoms with Gasteiger partial charge in [0, 0.05) is 28.4 Å². The van der Waals surface area contributed by atoms with Gasteiger partial charge in [-0.3, -0.25) is 0 Å². The van der Waals surface area contributed by atoms with Gasteiger partial charge in [-0.05, 0) is 81.9 Å². The molecule has 3 nitrogen and oxygen atoms in total. The van der Waals surface area contributed by atoms with Crippen molar-refractivity contribution in [1.82, 2.24) is 0 Å². The third-order valence-electron chi connectivity index (χ3n) is 10.8. The molecule has 8 rings (SSSR count). The van der Waals surface area contributed by atoms with Crippen LogP contribution >= 0.6 is 0 Å². The quantitative estimate of drug-likeness (QED) is 0.231. The fourth-order valence-corrected chi connectivity index (χ4v) is 7.39. The summed E-state index contributed by atoms with van der Waals surface area (Å²) in [7, 11) is 57.5. The summed E-state index contributed by atoms with van der Waals surface area (Å²) in [5.74, 6) is -0.281. The number of phenols is 1. The molecule has 0 atom stereocenters. The van der Waals surface area contributed by atoms with Gasteiger partial charge in [0.25, 0.3) is 0 Å². The number of hydrogen-bond donors (Lipinski definition) is 1. The number of aromatic hydroxyl groups is 1. The Morgan fingerprint density at radius 2 is 0.483 bits per heavy atom. The van der Waals surface area contributed by atoms with Gasteiger partial charge >= 0.3 is 0 Å². The maximum Gasteiger partial charge on any atom is 0.131 e. The van der Waals surface area contributed by atoms with Crippen LogP contribution in [0.4, 0.5) is 34.1 Å². The third kappa shape index (κ3) is 7.45. The first-order valence-electron chi connectivity index (χ1n) is 19.0. The summed E-state index contributed by atoms with van der Waals surface area (Å²) in [5, 5.41) is 11.4. The minimum Gasteiger partial charge on any atom is -0.506 e. The Morgan fingerprint density at radius 3 is 0.800 bits per heavy atom. The lowest BCUT2D eigenvalue weighted by Gasteiger charge is -2.32. The van der Waals surface area contributed by atoms with Gasteiger partial charge in [0.05, 0.1) is 5.69 Å². The first-order chi connectivity index (χ1) is 28.9. The molecule has 8 aromatic carbocycles. The lowest BCUT2D eigenvalue weighted by molar-refractivity contribution is 0.481. The highest BCUT2D eigenvalue weighted by Crippen LogP contribution is 2.40. The van der Waals surface area contributed by atoms with Crippen LogP contribution in [0.3, 0.4) is 0 Å². The largest absolute Gasteiger partial charge is 0.506 e. The molecule has 0 aliphatic rings. The second-order valence-corrected chi connectivity index (χ2v) is 14.4. The summed E-state index contributed by atoms with van der Waals surface area (Å²) < 4.78 is 0. The molecule has 0 aliphatic carbocycles. The van der Waals surface area contributed by atoms with E-state index < -0.39 is 0 Å². The van der Waals surface area contributed by atoms with E-state index in [-0.39, 0.29) is 60.6 Å². The van der Waals surface area contributed by atoms with Crippen molar-refractivity contribution in [2.75, 3.05) is 9.80 Å². The average molecular weight is 745 g/mol. The number of phenolic OH excluding ortho intramolecular Hbond substituents is 1. The first kappa shape index (κ1) is 40.5. The normalized spacial score (nSPS) is 11.0. The lowest BCUT2D eigenvalue weighted by Crippen LogP contribution is -2.56. The van der Waals surface area contributed by atoms with E-state index in [4.69, 9.17) is 70.6 Å². The molecule has 60 heavy (non-hydrogen) atoms. The summed E-state index contributed by atoms with van der Waals surface area (Å²) in [5.41, 5.74) is 10.6. The molecule has 0 aromatic heterocycles. The van der Waals surface area contributed by atoms with Crippen molar-refractivity contribution in [3.8, 4) is 39.1 Å². The highest BCUT2D eigenvalue weighted by molar-refractivity contribution is 6.69. The summed E-state index contributed by atoms with van der Waals surface area (Å²) in [6.45, 7) is 0. The van der Waals surface area contributed by atoms with E-state index in [2.05, 4.69) is 12.1 Å². The molecule has 0 saturated heterocycles. The summed E-state index contributed by atoms with van der Waals surface area (Å²) >= 11 is 0. The van der Waals surface area contributed by atoms with Crippen LogP contribution in [0.1, 0.15) is 0 Å². The molecule has 0 saturated carbocycles. The number of benzene rings is 8. The van der Waals surface area contributed by atoms with E-state index in [1.165, 1.54) is 0 Å². The van der Waals surface area contributed by atoms with Crippen molar-refractivity contribution in [3.05, 3.63) is 158 Å². The third-order valence-corrected chi connectivity index (χ3v) is 10.8. The molecule has 0 fully saturated rings. The minimum atomic E-state index is -0.281. The van der Waals surface area contributed by atoms with Crippen molar-refractivity contribution in [3.63, 3.8) is 0 Å². The number of rotatable bonds is 9. The predicted molar refractivity (Wildman–Crippen MR) is 262 cm³/mol. The zero-order chi connectivity index (χ0) is 42.2. The van der Waals surface area contributed by atoms with Crippen LogP contribution in [0.5, 0.6) is 5.75 Å². The molecule has 12 heteroatoms. The number of nitrogens with zero attached hydrogens (tertiary/aromatic N) is 2. The highest BCUT2D eigenvalue weighted by Gasteiger charge is 2.23. The Labute approximate surface area is 364 Å². The lowest BCUT2D eigenvalue weighted by atomic mass is 9.61. The topological polar surface area (TPSA) is 26.7 Å². The van der Waals surface area contributed by atoms with Gasteiger partial charge in [-0.1, -0.05) is 131 Å². The van der Waals surface area contributed by atoms with E-state index in [1.54, 1.807) is 4.90 Å². The van der Waals surface area contributed by atoms with Gasteiger partial charge in [-0.25, -0.2) is 0 Å². The Balaban J connectivity index is 1.18. The fraction of sp³-hybridized carbons (Fsp3) is 0. The zero-order valence-electron chi connectivity index (χ0n) is 32.5. The second kappa shape index (κ2) is 16.8. The molecular weight excluding hydrogens is 718 g/mol. The molecule has 262 valence electrons. The van der Waals surface area contributed by atoms with Gasteiger partial charge in [0.2, 0.25) is 0 Å². The Morgan fingerprint density at radius 1 is 0.250 bits per heavy atom. The van der Waals surface area contributed by atoms with E-state index in [1.807, 2.05) is 150 Å². The maximum atomic E-state index is 11.4. The summed E-state index contributed by atoms with van der Waals surface area (Å²) in [4.78, 5) is 3.72. The predicted octanol–water partition coefficient (Wildman–Crippen LogP) is 2.48. The van der Waals surface area contributed by atoms with Crippen LogP contribution in [0.2, 0.25) is 0 Å². The SMILES string of the molecule is [B]c1c([B])c([B])c(N(c2ccc(-c3ccccc3)cc2)c2ccc(-c3ccc(N(c4ccc(-c5ccccc5)cc4)c4c([B])c([B])c([B])c([B])c4O)cc3)cc2)c([B])c1[B]. The van der Waals surface area contributed by atoms with E-state index >= 15 is 0 Å². The highest BCUT2D eigenvalue weighted by atomic mass is 16.3. The Bertz CT molecular complexity index is 2580. The van der Waals surface area contributed by atoms with Crippen molar-refractivity contribution in [1.29, 1.82) is 0 Å². The van der Waals surface area contributed by atoms with E-state index in [0.717, 1.165) is 44.8 Å². The Kier molecular flexibility index (Phi) is 11.3. The molecule has 0 amide bonds. The molecule has 0 spiro atoms. The number of anilines is 6. The van der Waals surface area contributed by atoms with Crippen LogP contribution < -0.4 is 59.0 Å². The standard InChI is InChI=1S/C48H27B9N2O/c49-37-38(50)42(54)46(43(55)39(37)51)58(33-19-11-29(12-20-33)27-7-3-1-4-8-27)34-21-15-31(16-22-34)32-17-25-36(26-18-32)59(47-44(56)40(52)41(53)45(57)48(47)60)35-23-13-30(14-24-35)28-9-5-2-6-10-28/h1-26,60H. The van der Waals surface area contributed by atoms with Gasteiger partial charge in [0.15, 0.2) is 0 Å². The molecule has 8 aromatic rings. The molecule has 0 aliphatic heterocycles. The van der Waals surface area contributed by atoms with Crippen LogP contribution in [-0.4, -0.2) is 75.7 Å². The monoisotopic (exact) mass is 746 g/mol. The smallest absolute Gasteiger partial charge is 0.131 e. The van der Waals surface area contributed by atoms with Crippen LogP contribution in [0, 0.1) is 0 Å². The van der Waals surface area contributed by atoms with E-state index in [9.17, 15) is 5.11 Å². The average Bonchev–Trinajstić information content (AvgIpc) is 3.30. The first-order valence-corrected chi connectivity index (χ1v) is 19.0. The van der Waals surface area contributed by atoms with Gasteiger partial charge in [-0.2, -0.15) is 0 Å². The van der Waals surface area contributed by atoms with Crippen molar-refractivity contribution < 1.29 is 5.11 Å². The summed E-state index contributed by atoms with van der Waals surface area (Å²) in [6, 6.07) is 51.8. The molecular formula is C48H27B9N2O. The van der Waals surface area contributed by atoms with Crippen LogP contribution in [0.15, 0.2) is 158 Å². The van der Waals surface area contributed by atoms with Gasteiger partial charge in [0.1, 0.15) is 76.4 Å². The number of hydrogen-bond acceptors (Lipinski definition) is 3. The maximum absolute atomic E-state index is 11.4. The van der Waals surface area contributed by atoms with Gasteiger partial charge < -0.3 is 14.9 Å². The van der Waals surface area contributed by atoms with Crippen molar-refractivity contribution >= 4 is 154 Å². The molecule has 18 radical (unpaired) electrons. The van der Waals surface area contributed by atoms with Crippen LogP contribution in [0.25, 0.3) is 33.4 Å². The zero-order valence-corrected chi connectivity index (χ0v) is 32.5. The van der Waals surface area contributed by atoms with Crippen LogP contribution in [-0.2, 0) is 0 Å². The molecule has 0 heterocycles. The second-order valence-electron chi connectivity index (χ2n) is 14.4. The summed E-state index contributed by atoms with van der Waals surface area (Å²) in [6.07, 6.45) is 0. The van der Waals surface area contributed by atoms with Crippen molar-refractivity contribution in [2.45, 2.75) is 0 Å². The van der Waals surface area contributed by atoms with Gasteiger partial charge in [-0.15, -0.1) is 27.3 Å².